The van der Waals surface area contributed by atoms with Gasteiger partial charge in [0.05, 0.1) is 5.69 Å². The number of rotatable bonds is 4. The van der Waals surface area contributed by atoms with Crippen LogP contribution >= 0.6 is 0 Å². The van der Waals surface area contributed by atoms with Crippen molar-refractivity contribution < 1.29 is 4.39 Å². The molecule has 0 saturated heterocycles. The summed E-state index contributed by atoms with van der Waals surface area (Å²) < 4.78 is 15.1. The third kappa shape index (κ3) is 3.01. The fraction of sp³-hybridized carbons (Fsp3) is 0.150. The molecule has 26 heavy (non-hydrogen) atoms. The molecule has 0 atom stereocenters. The van der Waals surface area contributed by atoms with Gasteiger partial charge in [-0.1, -0.05) is 12.1 Å². The molecule has 1 N–H and O–H groups in total. The molecule has 6 heteroatoms. The summed E-state index contributed by atoms with van der Waals surface area (Å²) in [6.45, 7) is 4.55. The first-order chi connectivity index (χ1) is 12.6. The summed E-state index contributed by atoms with van der Waals surface area (Å²) in [5, 5.41) is 8.07. The van der Waals surface area contributed by atoms with Crippen LogP contribution in [0, 0.1) is 19.7 Å². The molecule has 0 unspecified atom stereocenters. The molecular weight excluding hydrogens is 329 g/mol. The number of pyridine rings is 1. The van der Waals surface area contributed by atoms with E-state index in [9.17, 15) is 4.39 Å². The van der Waals surface area contributed by atoms with Crippen molar-refractivity contribution in [2.75, 3.05) is 5.32 Å². The average Bonchev–Trinajstić information content (AvgIpc) is 2.97. The fourth-order valence-corrected chi connectivity index (χ4v) is 3.02. The monoisotopic (exact) mass is 347 g/mol. The van der Waals surface area contributed by atoms with Gasteiger partial charge in [-0.05, 0) is 49.2 Å². The number of anilines is 1. The van der Waals surface area contributed by atoms with E-state index in [1.807, 2.05) is 36.6 Å². The van der Waals surface area contributed by atoms with Crippen LogP contribution in [-0.2, 0) is 6.54 Å². The maximum Gasteiger partial charge on any atom is 0.165 e. The summed E-state index contributed by atoms with van der Waals surface area (Å²) in [5.74, 6) is 0.604. The van der Waals surface area contributed by atoms with Gasteiger partial charge in [-0.25, -0.2) is 9.37 Å². The van der Waals surface area contributed by atoms with Crippen LogP contribution in [0.15, 0.2) is 54.9 Å². The zero-order valence-electron chi connectivity index (χ0n) is 14.6. The van der Waals surface area contributed by atoms with E-state index in [4.69, 9.17) is 0 Å². The number of nitrogens with zero attached hydrogens (tertiary/aromatic N) is 4. The van der Waals surface area contributed by atoms with Gasteiger partial charge in [-0.3, -0.25) is 4.98 Å². The number of aromatic nitrogens is 4. The number of halogens is 1. The van der Waals surface area contributed by atoms with Gasteiger partial charge in [0.15, 0.2) is 5.65 Å². The Balaban J connectivity index is 1.78. The fourth-order valence-electron chi connectivity index (χ4n) is 3.02. The number of hydrogen-bond acceptors (Lipinski definition) is 4. The van der Waals surface area contributed by atoms with Crippen molar-refractivity contribution in [2.45, 2.75) is 20.4 Å². The van der Waals surface area contributed by atoms with E-state index in [1.54, 1.807) is 24.5 Å². The molecular formula is C20H18FN5. The van der Waals surface area contributed by atoms with E-state index >= 15 is 0 Å². The van der Waals surface area contributed by atoms with Crippen molar-refractivity contribution in [3.8, 4) is 11.1 Å². The molecule has 0 spiro atoms. The van der Waals surface area contributed by atoms with E-state index in [0.29, 0.717) is 6.54 Å². The van der Waals surface area contributed by atoms with Gasteiger partial charge in [0.2, 0.25) is 0 Å². The molecule has 0 fully saturated rings. The van der Waals surface area contributed by atoms with E-state index in [1.165, 1.54) is 12.1 Å². The predicted molar refractivity (Wildman–Crippen MR) is 99.4 cm³/mol. The standard InChI is InChI=1S/C20H18FN5/c1-13-11-18(23-12-15-7-9-22-10-8-15)26-20(24-13)19(14(2)25-26)16-3-5-17(21)6-4-16/h3-11,23H,12H2,1-2H3. The zero-order chi connectivity index (χ0) is 18.1. The van der Waals surface area contributed by atoms with Crippen molar-refractivity contribution in [1.82, 2.24) is 19.6 Å². The Bertz CT molecular complexity index is 1060. The van der Waals surface area contributed by atoms with Crippen LogP contribution in [0.4, 0.5) is 10.2 Å². The summed E-state index contributed by atoms with van der Waals surface area (Å²) in [6, 6.07) is 12.3. The van der Waals surface area contributed by atoms with Crippen LogP contribution in [0.5, 0.6) is 0 Å². The van der Waals surface area contributed by atoms with Crippen LogP contribution in [0.2, 0.25) is 0 Å². The Morgan fingerprint density at radius 2 is 1.77 bits per heavy atom. The van der Waals surface area contributed by atoms with Crippen molar-refractivity contribution in [3.05, 3.63) is 77.6 Å². The molecule has 4 aromatic rings. The predicted octanol–water partition coefficient (Wildman–Crippen LogP) is 4.16. The highest BCUT2D eigenvalue weighted by Crippen LogP contribution is 2.29. The lowest BCUT2D eigenvalue weighted by Crippen LogP contribution is -2.07. The van der Waals surface area contributed by atoms with Gasteiger partial charge in [-0.15, -0.1) is 0 Å². The minimum absolute atomic E-state index is 0.258. The second-order valence-corrected chi connectivity index (χ2v) is 6.19. The van der Waals surface area contributed by atoms with E-state index < -0.39 is 0 Å². The third-order valence-corrected chi connectivity index (χ3v) is 4.25. The number of nitrogens with one attached hydrogen (secondary N) is 1. The highest BCUT2D eigenvalue weighted by molar-refractivity contribution is 5.80. The van der Waals surface area contributed by atoms with Crippen LogP contribution in [0.25, 0.3) is 16.8 Å². The highest BCUT2D eigenvalue weighted by Gasteiger charge is 2.16. The first-order valence-corrected chi connectivity index (χ1v) is 8.37. The molecule has 3 aromatic heterocycles. The second-order valence-electron chi connectivity index (χ2n) is 6.19. The molecule has 1 aromatic carbocycles. The Hall–Kier alpha value is -3.28. The molecule has 0 radical (unpaired) electrons. The van der Waals surface area contributed by atoms with Gasteiger partial charge < -0.3 is 5.32 Å². The molecule has 0 amide bonds. The van der Waals surface area contributed by atoms with E-state index in [-0.39, 0.29) is 5.82 Å². The maximum absolute atomic E-state index is 13.3. The van der Waals surface area contributed by atoms with Crippen molar-refractivity contribution in [2.24, 2.45) is 0 Å². The lowest BCUT2D eigenvalue weighted by atomic mass is 10.1. The molecule has 0 aliphatic rings. The maximum atomic E-state index is 13.3. The summed E-state index contributed by atoms with van der Waals surface area (Å²) in [7, 11) is 0. The third-order valence-electron chi connectivity index (χ3n) is 4.25. The molecule has 3 heterocycles. The zero-order valence-corrected chi connectivity index (χ0v) is 14.6. The summed E-state index contributed by atoms with van der Waals surface area (Å²) in [5.41, 5.74) is 5.44. The first kappa shape index (κ1) is 16.2. The van der Waals surface area contributed by atoms with Crippen LogP contribution in [0.3, 0.4) is 0 Å². The number of hydrogen-bond donors (Lipinski definition) is 1. The van der Waals surface area contributed by atoms with Crippen molar-refractivity contribution >= 4 is 11.5 Å². The first-order valence-electron chi connectivity index (χ1n) is 8.37. The minimum Gasteiger partial charge on any atom is -0.366 e. The summed E-state index contributed by atoms with van der Waals surface area (Å²) >= 11 is 0. The summed E-state index contributed by atoms with van der Waals surface area (Å²) in [4.78, 5) is 8.70. The highest BCUT2D eigenvalue weighted by atomic mass is 19.1. The minimum atomic E-state index is -0.258. The Morgan fingerprint density at radius 3 is 2.50 bits per heavy atom. The number of benzene rings is 1. The molecule has 0 bridgehead atoms. The largest absolute Gasteiger partial charge is 0.366 e. The molecule has 0 aliphatic heterocycles. The second kappa shape index (κ2) is 6.55. The molecule has 5 nitrogen and oxygen atoms in total. The van der Waals surface area contributed by atoms with Gasteiger partial charge in [0, 0.05) is 36.3 Å². The Kier molecular flexibility index (Phi) is 4.08. The van der Waals surface area contributed by atoms with Gasteiger partial charge in [0.25, 0.3) is 0 Å². The SMILES string of the molecule is Cc1cc(NCc2ccncc2)n2nc(C)c(-c3ccc(F)cc3)c2n1. The lowest BCUT2D eigenvalue weighted by Gasteiger charge is -2.10. The van der Waals surface area contributed by atoms with E-state index in [2.05, 4.69) is 20.4 Å². The van der Waals surface area contributed by atoms with Crippen LogP contribution in [-0.4, -0.2) is 19.6 Å². The van der Waals surface area contributed by atoms with Gasteiger partial charge in [-0.2, -0.15) is 9.61 Å². The number of aryl methyl sites for hydroxylation is 2. The molecule has 4 rings (SSSR count). The van der Waals surface area contributed by atoms with Crippen LogP contribution < -0.4 is 5.32 Å². The normalized spacial score (nSPS) is 11.0. The molecule has 0 saturated carbocycles. The number of fused-ring (bicyclic) bond motifs is 1. The van der Waals surface area contributed by atoms with Crippen molar-refractivity contribution in [3.63, 3.8) is 0 Å². The average molecular weight is 347 g/mol. The Labute approximate surface area is 150 Å². The van der Waals surface area contributed by atoms with Crippen molar-refractivity contribution in [1.29, 1.82) is 0 Å². The molecule has 130 valence electrons. The van der Waals surface area contributed by atoms with Gasteiger partial charge >= 0.3 is 0 Å². The topological polar surface area (TPSA) is 55.1 Å². The summed E-state index contributed by atoms with van der Waals surface area (Å²) in [6.07, 6.45) is 3.55. The Morgan fingerprint density at radius 1 is 1.04 bits per heavy atom. The lowest BCUT2D eigenvalue weighted by molar-refractivity contribution is 0.628. The van der Waals surface area contributed by atoms with Gasteiger partial charge in [0.1, 0.15) is 11.6 Å². The van der Waals surface area contributed by atoms with E-state index in [0.717, 1.165) is 39.5 Å². The smallest absolute Gasteiger partial charge is 0.165 e. The van der Waals surface area contributed by atoms with Crippen LogP contribution in [0.1, 0.15) is 17.0 Å². The molecule has 0 aliphatic carbocycles. The quantitative estimate of drug-likeness (QED) is 0.602.